The number of carbonyl (C=O) groups is 1. The molecule has 0 saturated heterocycles. The second kappa shape index (κ2) is 5.48. The van der Waals surface area contributed by atoms with Gasteiger partial charge < -0.3 is 14.6 Å². The molecule has 2 aromatic carbocycles. The van der Waals surface area contributed by atoms with Gasteiger partial charge in [0.05, 0.1) is 18.8 Å². The van der Waals surface area contributed by atoms with Gasteiger partial charge in [-0.1, -0.05) is 18.2 Å². The van der Waals surface area contributed by atoms with Crippen molar-refractivity contribution >= 4 is 5.97 Å². The Morgan fingerprint density at radius 3 is 2.62 bits per heavy atom. The van der Waals surface area contributed by atoms with Gasteiger partial charge in [0.25, 0.3) is 0 Å². The van der Waals surface area contributed by atoms with Gasteiger partial charge in [0, 0.05) is 6.42 Å². The highest BCUT2D eigenvalue weighted by atomic mass is 16.5. The number of hydrogen-bond acceptors (Lipinski definition) is 3. The van der Waals surface area contributed by atoms with Crippen molar-refractivity contribution in [3.63, 3.8) is 0 Å². The maximum Gasteiger partial charge on any atom is 0.335 e. The van der Waals surface area contributed by atoms with E-state index in [1.807, 2.05) is 31.2 Å². The molecule has 1 heterocycles. The van der Waals surface area contributed by atoms with Crippen LogP contribution >= 0.6 is 0 Å². The molecule has 0 amide bonds. The van der Waals surface area contributed by atoms with Crippen molar-refractivity contribution in [1.29, 1.82) is 0 Å². The van der Waals surface area contributed by atoms with Gasteiger partial charge in [0.2, 0.25) is 0 Å². The normalized spacial score (nSPS) is 13.6. The maximum atomic E-state index is 11.2. The Bertz CT molecular complexity index is 691. The molecule has 3 rings (SSSR count). The maximum absolute atomic E-state index is 11.2. The highest BCUT2D eigenvalue weighted by Crippen LogP contribution is 2.35. The summed E-state index contributed by atoms with van der Waals surface area (Å²) in [6.07, 6.45) is 0.859. The first-order valence-electron chi connectivity index (χ1n) is 6.90. The fourth-order valence-corrected chi connectivity index (χ4v) is 2.51. The molecule has 0 atom stereocenters. The van der Waals surface area contributed by atoms with Crippen LogP contribution < -0.4 is 9.47 Å². The minimum absolute atomic E-state index is 0.319. The second-order valence-corrected chi connectivity index (χ2v) is 5.00. The number of benzene rings is 2. The van der Waals surface area contributed by atoms with Crippen LogP contribution in [0.5, 0.6) is 11.5 Å². The Balaban J connectivity index is 2.07. The molecule has 0 radical (unpaired) electrons. The molecular formula is C17H16O4. The molecule has 0 spiro atoms. The van der Waals surface area contributed by atoms with Gasteiger partial charge >= 0.3 is 5.97 Å². The highest BCUT2D eigenvalue weighted by Gasteiger charge is 2.15. The summed E-state index contributed by atoms with van der Waals surface area (Å²) in [6, 6.07) is 11.0. The Morgan fingerprint density at radius 1 is 1.10 bits per heavy atom. The monoisotopic (exact) mass is 284 g/mol. The van der Waals surface area contributed by atoms with E-state index in [0.717, 1.165) is 28.9 Å². The van der Waals surface area contributed by atoms with Crippen LogP contribution in [0.3, 0.4) is 0 Å². The lowest BCUT2D eigenvalue weighted by Gasteiger charge is -2.12. The van der Waals surface area contributed by atoms with E-state index in [2.05, 4.69) is 0 Å². The first-order valence-corrected chi connectivity index (χ1v) is 6.90. The lowest BCUT2D eigenvalue weighted by molar-refractivity contribution is 0.0696. The number of rotatable bonds is 2. The van der Waals surface area contributed by atoms with Crippen LogP contribution in [-0.2, 0) is 0 Å². The molecule has 0 unspecified atom stereocenters. The largest absolute Gasteiger partial charge is 0.490 e. The van der Waals surface area contributed by atoms with E-state index in [4.69, 9.17) is 9.47 Å². The molecule has 108 valence electrons. The molecule has 4 nitrogen and oxygen atoms in total. The molecule has 4 heteroatoms. The average Bonchev–Trinajstić information content (AvgIpc) is 2.71. The Morgan fingerprint density at radius 2 is 1.86 bits per heavy atom. The van der Waals surface area contributed by atoms with Crippen molar-refractivity contribution in [2.24, 2.45) is 0 Å². The summed E-state index contributed by atoms with van der Waals surface area (Å²) < 4.78 is 11.3. The van der Waals surface area contributed by atoms with E-state index in [1.165, 1.54) is 0 Å². The average molecular weight is 284 g/mol. The Labute approximate surface area is 122 Å². The van der Waals surface area contributed by atoms with Crippen LogP contribution in [0.4, 0.5) is 0 Å². The van der Waals surface area contributed by atoms with Crippen molar-refractivity contribution in [3.05, 3.63) is 47.5 Å². The molecule has 2 aromatic rings. The molecule has 1 aliphatic rings. The van der Waals surface area contributed by atoms with Gasteiger partial charge in [-0.15, -0.1) is 0 Å². The first-order chi connectivity index (χ1) is 10.2. The van der Waals surface area contributed by atoms with Crippen molar-refractivity contribution < 1.29 is 19.4 Å². The Kier molecular flexibility index (Phi) is 3.52. The summed E-state index contributed by atoms with van der Waals surface area (Å²) >= 11 is 0. The fraction of sp³-hybridized carbons (Fsp3) is 0.235. The molecular weight excluding hydrogens is 268 g/mol. The molecule has 0 fully saturated rings. The quantitative estimate of drug-likeness (QED) is 0.916. The minimum atomic E-state index is -0.913. The minimum Gasteiger partial charge on any atom is -0.490 e. The van der Waals surface area contributed by atoms with Gasteiger partial charge in [-0.05, 0) is 41.8 Å². The summed E-state index contributed by atoms with van der Waals surface area (Å²) in [5, 5.41) is 9.22. The van der Waals surface area contributed by atoms with Gasteiger partial charge in [0.15, 0.2) is 11.5 Å². The summed E-state index contributed by atoms with van der Waals surface area (Å²) in [6.45, 7) is 3.10. The van der Waals surface area contributed by atoms with Crippen molar-refractivity contribution in [2.45, 2.75) is 13.3 Å². The zero-order valence-electron chi connectivity index (χ0n) is 11.8. The van der Waals surface area contributed by atoms with E-state index in [-0.39, 0.29) is 0 Å². The lowest BCUT2D eigenvalue weighted by Crippen LogP contribution is -2.01. The van der Waals surface area contributed by atoms with Gasteiger partial charge in [-0.3, -0.25) is 0 Å². The van der Waals surface area contributed by atoms with Crippen LogP contribution in [0, 0.1) is 6.92 Å². The summed E-state index contributed by atoms with van der Waals surface area (Å²) in [7, 11) is 0. The highest BCUT2D eigenvalue weighted by molar-refractivity contribution is 5.92. The number of ether oxygens (including phenoxy) is 2. The standard InChI is InChI=1S/C17H16O4/c1-11-13(4-2-5-14(11)17(18)19)12-6-7-15-16(10-12)21-9-3-8-20-15/h2,4-7,10H,3,8-9H2,1H3,(H,18,19). The fourth-order valence-electron chi connectivity index (χ4n) is 2.51. The summed E-state index contributed by atoms with van der Waals surface area (Å²) in [4.78, 5) is 11.2. The zero-order valence-corrected chi connectivity index (χ0v) is 11.8. The molecule has 1 aliphatic heterocycles. The smallest absolute Gasteiger partial charge is 0.335 e. The van der Waals surface area contributed by atoms with Crippen LogP contribution in [0.2, 0.25) is 0 Å². The molecule has 0 aromatic heterocycles. The first kappa shape index (κ1) is 13.5. The predicted molar refractivity (Wildman–Crippen MR) is 79.2 cm³/mol. The SMILES string of the molecule is Cc1c(C(=O)O)cccc1-c1ccc2c(c1)OCCCO2. The van der Waals surface area contributed by atoms with Crippen LogP contribution in [0.1, 0.15) is 22.3 Å². The predicted octanol–water partition coefficient (Wildman–Crippen LogP) is 3.52. The van der Waals surface area contributed by atoms with Gasteiger partial charge in [-0.25, -0.2) is 4.79 Å². The van der Waals surface area contributed by atoms with Crippen molar-refractivity contribution in [1.82, 2.24) is 0 Å². The topological polar surface area (TPSA) is 55.8 Å². The van der Waals surface area contributed by atoms with Gasteiger partial charge in [0.1, 0.15) is 0 Å². The Hall–Kier alpha value is -2.49. The number of carboxylic acid groups (broad SMARTS) is 1. The van der Waals surface area contributed by atoms with Crippen LogP contribution in [-0.4, -0.2) is 24.3 Å². The molecule has 0 bridgehead atoms. The number of aromatic carboxylic acids is 1. The number of fused-ring (bicyclic) bond motifs is 1. The van der Waals surface area contributed by atoms with E-state index in [0.29, 0.717) is 24.5 Å². The van der Waals surface area contributed by atoms with Crippen LogP contribution in [0.25, 0.3) is 11.1 Å². The summed E-state index contributed by atoms with van der Waals surface area (Å²) in [5.74, 6) is 0.539. The second-order valence-electron chi connectivity index (χ2n) is 5.00. The van der Waals surface area contributed by atoms with E-state index in [9.17, 15) is 9.90 Å². The van der Waals surface area contributed by atoms with Gasteiger partial charge in [-0.2, -0.15) is 0 Å². The third-order valence-electron chi connectivity index (χ3n) is 3.62. The zero-order chi connectivity index (χ0) is 14.8. The van der Waals surface area contributed by atoms with E-state index >= 15 is 0 Å². The summed E-state index contributed by atoms with van der Waals surface area (Å²) in [5.41, 5.74) is 2.89. The van der Waals surface area contributed by atoms with Crippen LogP contribution in [0.15, 0.2) is 36.4 Å². The van der Waals surface area contributed by atoms with Crippen molar-refractivity contribution in [3.8, 4) is 22.6 Å². The van der Waals surface area contributed by atoms with Crippen molar-refractivity contribution in [2.75, 3.05) is 13.2 Å². The van der Waals surface area contributed by atoms with E-state index < -0.39 is 5.97 Å². The third kappa shape index (κ3) is 2.57. The molecule has 1 N–H and O–H groups in total. The third-order valence-corrected chi connectivity index (χ3v) is 3.62. The van der Waals surface area contributed by atoms with E-state index in [1.54, 1.807) is 12.1 Å². The molecule has 21 heavy (non-hydrogen) atoms. The number of hydrogen-bond donors (Lipinski definition) is 1. The molecule has 0 saturated carbocycles. The molecule has 0 aliphatic carbocycles. The lowest BCUT2D eigenvalue weighted by atomic mass is 9.96. The number of carboxylic acids is 1.